The number of esters is 1. The lowest BCUT2D eigenvalue weighted by atomic mass is 10.1. The van der Waals surface area contributed by atoms with Crippen LogP contribution in [0.15, 0.2) is 54.6 Å². The number of nitrogens with zero attached hydrogens (tertiary/aromatic N) is 1. The summed E-state index contributed by atoms with van der Waals surface area (Å²) in [5, 5.41) is 0.891. The Balaban J connectivity index is 1.95. The molecule has 23 heavy (non-hydrogen) atoms. The van der Waals surface area contributed by atoms with Crippen molar-refractivity contribution in [2.45, 2.75) is 6.92 Å². The molecule has 0 aliphatic carbocycles. The van der Waals surface area contributed by atoms with Crippen LogP contribution in [0, 0.1) is 5.82 Å². The van der Waals surface area contributed by atoms with Crippen molar-refractivity contribution in [3.63, 3.8) is 0 Å². The number of pyridine rings is 1. The summed E-state index contributed by atoms with van der Waals surface area (Å²) in [5.41, 5.74) is 2.23. The largest absolute Gasteiger partial charge is 0.424 e. The number of rotatable bonds is 3. The van der Waals surface area contributed by atoms with Crippen LogP contribution in [0.5, 0.6) is 5.75 Å². The van der Waals surface area contributed by atoms with Crippen LogP contribution in [0.25, 0.3) is 23.1 Å². The van der Waals surface area contributed by atoms with E-state index in [4.69, 9.17) is 4.74 Å². The van der Waals surface area contributed by atoms with Gasteiger partial charge >= 0.3 is 5.97 Å². The monoisotopic (exact) mass is 307 g/mol. The molecule has 0 spiro atoms. The number of benzene rings is 2. The van der Waals surface area contributed by atoms with Crippen LogP contribution < -0.4 is 4.74 Å². The molecule has 0 radical (unpaired) electrons. The van der Waals surface area contributed by atoms with Crippen LogP contribution in [-0.2, 0) is 4.79 Å². The lowest BCUT2D eigenvalue weighted by Crippen LogP contribution is -2.02. The molecule has 0 amide bonds. The number of ether oxygens (including phenoxy) is 1. The Morgan fingerprint density at radius 2 is 1.83 bits per heavy atom. The van der Waals surface area contributed by atoms with Gasteiger partial charge in [0.15, 0.2) is 5.75 Å². The van der Waals surface area contributed by atoms with Gasteiger partial charge in [-0.3, -0.25) is 4.79 Å². The highest BCUT2D eigenvalue weighted by Crippen LogP contribution is 2.24. The molecular formula is C19H14FNO2. The minimum Gasteiger partial charge on any atom is -0.424 e. The second kappa shape index (κ2) is 6.40. The standard InChI is InChI=1S/C19H14FNO2/c1-13(22)23-18-4-2-3-15-8-12-17(21-19(15)18)11-7-14-5-9-16(20)10-6-14/h2-12H,1H3. The summed E-state index contributed by atoms with van der Waals surface area (Å²) < 4.78 is 18.1. The lowest BCUT2D eigenvalue weighted by molar-refractivity contribution is -0.131. The summed E-state index contributed by atoms with van der Waals surface area (Å²) in [6.07, 6.45) is 3.68. The molecule has 0 bridgehead atoms. The molecule has 0 aliphatic rings. The van der Waals surface area contributed by atoms with Crippen molar-refractivity contribution < 1.29 is 13.9 Å². The molecule has 114 valence electrons. The van der Waals surface area contributed by atoms with E-state index in [0.717, 1.165) is 16.6 Å². The lowest BCUT2D eigenvalue weighted by Gasteiger charge is -2.06. The van der Waals surface area contributed by atoms with Crippen LogP contribution in [0.3, 0.4) is 0 Å². The Bertz CT molecular complexity index is 886. The Morgan fingerprint density at radius 3 is 2.57 bits per heavy atom. The van der Waals surface area contributed by atoms with Crippen LogP contribution in [0.4, 0.5) is 4.39 Å². The van der Waals surface area contributed by atoms with E-state index in [-0.39, 0.29) is 11.8 Å². The van der Waals surface area contributed by atoms with E-state index in [1.165, 1.54) is 19.1 Å². The molecule has 0 unspecified atom stereocenters. The number of hydrogen-bond acceptors (Lipinski definition) is 3. The highest BCUT2D eigenvalue weighted by Gasteiger charge is 2.06. The summed E-state index contributed by atoms with van der Waals surface area (Å²) >= 11 is 0. The first-order chi connectivity index (χ1) is 11.1. The summed E-state index contributed by atoms with van der Waals surface area (Å²) in [6.45, 7) is 1.36. The Morgan fingerprint density at radius 1 is 1.04 bits per heavy atom. The molecule has 0 atom stereocenters. The normalized spacial score (nSPS) is 11.0. The summed E-state index contributed by atoms with van der Waals surface area (Å²) in [5.74, 6) is -0.212. The minimum atomic E-state index is -0.383. The van der Waals surface area contributed by atoms with Gasteiger partial charge in [0, 0.05) is 12.3 Å². The van der Waals surface area contributed by atoms with E-state index < -0.39 is 0 Å². The van der Waals surface area contributed by atoms with Crippen molar-refractivity contribution in [1.29, 1.82) is 0 Å². The zero-order valence-corrected chi connectivity index (χ0v) is 12.5. The van der Waals surface area contributed by atoms with Gasteiger partial charge in [-0.15, -0.1) is 0 Å². The molecule has 1 heterocycles. The first-order valence-corrected chi connectivity index (χ1v) is 7.14. The fourth-order valence-electron chi connectivity index (χ4n) is 2.22. The number of fused-ring (bicyclic) bond motifs is 1. The van der Waals surface area contributed by atoms with Crippen molar-refractivity contribution in [2.24, 2.45) is 0 Å². The topological polar surface area (TPSA) is 39.2 Å². The third-order valence-electron chi connectivity index (χ3n) is 3.28. The molecule has 0 saturated carbocycles. The molecule has 0 N–H and O–H groups in total. The highest BCUT2D eigenvalue weighted by molar-refractivity contribution is 5.88. The number of carbonyl (C=O) groups excluding carboxylic acids is 1. The summed E-state index contributed by atoms with van der Waals surface area (Å²) in [4.78, 5) is 15.7. The van der Waals surface area contributed by atoms with Gasteiger partial charge in [-0.2, -0.15) is 0 Å². The van der Waals surface area contributed by atoms with E-state index in [0.29, 0.717) is 11.3 Å². The van der Waals surface area contributed by atoms with E-state index in [1.54, 1.807) is 18.2 Å². The van der Waals surface area contributed by atoms with E-state index in [9.17, 15) is 9.18 Å². The van der Waals surface area contributed by atoms with Crippen LogP contribution in [-0.4, -0.2) is 11.0 Å². The predicted molar refractivity (Wildman–Crippen MR) is 88.4 cm³/mol. The van der Waals surface area contributed by atoms with Gasteiger partial charge in [0.2, 0.25) is 0 Å². The zero-order chi connectivity index (χ0) is 16.2. The SMILES string of the molecule is CC(=O)Oc1cccc2ccc(C=Cc3ccc(F)cc3)nc12. The van der Waals surface area contributed by atoms with Gasteiger partial charge in [0.25, 0.3) is 0 Å². The molecular weight excluding hydrogens is 293 g/mol. The Labute approximate surface area is 133 Å². The first-order valence-electron chi connectivity index (χ1n) is 7.14. The fraction of sp³-hybridized carbons (Fsp3) is 0.0526. The summed E-state index contributed by atoms with van der Waals surface area (Å²) in [7, 11) is 0. The smallest absolute Gasteiger partial charge is 0.308 e. The second-order valence-corrected chi connectivity index (χ2v) is 5.04. The average Bonchev–Trinajstić information content (AvgIpc) is 2.54. The third-order valence-corrected chi connectivity index (χ3v) is 3.28. The number of aromatic nitrogens is 1. The average molecular weight is 307 g/mol. The van der Waals surface area contributed by atoms with Crippen LogP contribution >= 0.6 is 0 Å². The molecule has 0 saturated heterocycles. The quantitative estimate of drug-likeness (QED) is 0.529. The van der Waals surface area contributed by atoms with Gasteiger partial charge in [-0.25, -0.2) is 9.37 Å². The van der Waals surface area contributed by atoms with E-state index in [1.807, 2.05) is 36.4 Å². The maximum Gasteiger partial charge on any atom is 0.308 e. The second-order valence-electron chi connectivity index (χ2n) is 5.04. The van der Waals surface area contributed by atoms with Crippen LogP contribution in [0.1, 0.15) is 18.2 Å². The number of halogens is 1. The van der Waals surface area contributed by atoms with Crippen molar-refractivity contribution in [2.75, 3.05) is 0 Å². The Hall–Kier alpha value is -3.01. The molecule has 1 aromatic heterocycles. The Kier molecular flexibility index (Phi) is 4.15. The minimum absolute atomic E-state index is 0.267. The fourth-order valence-corrected chi connectivity index (χ4v) is 2.22. The maximum absolute atomic E-state index is 12.9. The van der Waals surface area contributed by atoms with Gasteiger partial charge in [0.05, 0.1) is 5.69 Å². The van der Waals surface area contributed by atoms with Crippen molar-refractivity contribution in [3.05, 3.63) is 71.7 Å². The van der Waals surface area contributed by atoms with Crippen molar-refractivity contribution in [3.8, 4) is 5.75 Å². The third kappa shape index (κ3) is 3.61. The molecule has 3 aromatic rings. The maximum atomic E-state index is 12.9. The van der Waals surface area contributed by atoms with E-state index in [2.05, 4.69) is 4.98 Å². The predicted octanol–water partition coefficient (Wildman–Crippen LogP) is 4.47. The molecule has 2 aromatic carbocycles. The summed E-state index contributed by atoms with van der Waals surface area (Å²) in [6, 6.07) is 15.4. The zero-order valence-electron chi connectivity index (χ0n) is 12.5. The van der Waals surface area contributed by atoms with Gasteiger partial charge in [0.1, 0.15) is 11.3 Å². The molecule has 4 heteroatoms. The molecule has 0 fully saturated rings. The van der Waals surface area contributed by atoms with Gasteiger partial charge < -0.3 is 4.74 Å². The van der Waals surface area contributed by atoms with Gasteiger partial charge in [-0.05, 0) is 35.9 Å². The molecule has 0 aliphatic heterocycles. The number of carbonyl (C=O) groups is 1. The first kappa shape index (κ1) is 14.9. The van der Waals surface area contributed by atoms with Crippen molar-refractivity contribution in [1.82, 2.24) is 4.98 Å². The highest BCUT2D eigenvalue weighted by atomic mass is 19.1. The molecule has 3 rings (SSSR count). The van der Waals surface area contributed by atoms with Gasteiger partial charge in [-0.1, -0.05) is 36.4 Å². The van der Waals surface area contributed by atoms with E-state index >= 15 is 0 Å². The molecule has 3 nitrogen and oxygen atoms in total. The number of hydrogen-bond donors (Lipinski definition) is 0. The van der Waals surface area contributed by atoms with Crippen LogP contribution in [0.2, 0.25) is 0 Å². The van der Waals surface area contributed by atoms with Crippen molar-refractivity contribution >= 4 is 29.0 Å². The number of para-hydroxylation sites is 1.